The van der Waals surface area contributed by atoms with Gasteiger partial charge in [0.2, 0.25) is 0 Å². The lowest BCUT2D eigenvalue weighted by molar-refractivity contribution is -0.117. The minimum atomic E-state index is -0.966. The van der Waals surface area contributed by atoms with E-state index in [-0.39, 0.29) is 58.9 Å². The number of carbonyl (C=O) groups excluding carboxylic acids is 1. The number of aromatic nitrogens is 1. The van der Waals surface area contributed by atoms with Gasteiger partial charge >= 0.3 is 5.97 Å². The quantitative estimate of drug-likeness (QED) is 0.382. The molecule has 2 aliphatic heterocycles. The summed E-state index contributed by atoms with van der Waals surface area (Å²) in [4.78, 5) is 31.5. The molecule has 7 nitrogen and oxygen atoms in total. The van der Waals surface area contributed by atoms with Crippen LogP contribution < -0.4 is 10.6 Å². The summed E-state index contributed by atoms with van der Waals surface area (Å²) in [7, 11) is 0. The van der Waals surface area contributed by atoms with E-state index >= 15 is 0 Å². The first kappa shape index (κ1) is 24.9. The number of ether oxygens (including phenoxy) is 1. The van der Waals surface area contributed by atoms with Crippen molar-refractivity contribution < 1.29 is 28.2 Å². The van der Waals surface area contributed by atoms with Gasteiger partial charge in [-0.25, -0.2) is 18.6 Å². The number of carbonyl (C=O) groups is 2. The van der Waals surface area contributed by atoms with E-state index in [1.165, 1.54) is 17.4 Å². The zero-order chi connectivity index (χ0) is 26.6. The van der Waals surface area contributed by atoms with Gasteiger partial charge in [0, 0.05) is 23.6 Å². The Morgan fingerprint density at radius 3 is 2.39 bits per heavy atom. The molecule has 3 atom stereocenters. The van der Waals surface area contributed by atoms with Crippen LogP contribution in [0.4, 0.5) is 13.9 Å². The predicted molar refractivity (Wildman–Crippen MR) is 140 cm³/mol. The number of ketones is 1. The fourth-order valence-electron chi connectivity index (χ4n) is 5.71. The number of rotatable bonds is 8. The second-order valence-electron chi connectivity index (χ2n) is 10.3. The van der Waals surface area contributed by atoms with Crippen molar-refractivity contribution >= 4 is 44.1 Å². The molecule has 198 valence electrons. The zero-order valence-corrected chi connectivity index (χ0v) is 21.3. The molecule has 10 heteroatoms. The zero-order valence-electron chi connectivity index (χ0n) is 20.5. The molecule has 6 rings (SSSR count). The number of carboxylic acid groups (broad SMARTS) is 1. The van der Waals surface area contributed by atoms with Gasteiger partial charge in [0.15, 0.2) is 10.9 Å². The molecule has 2 aromatic carbocycles. The number of anilines is 1. The van der Waals surface area contributed by atoms with Crippen LogP contribution in [-0.4, -0.2) is 46.6 Å². The van der Waals surface area contributed by atoms with Crippen molar-refractivity contribution in [3.63, 3.8) is 0 Å². The molecular formula is C28H27F2N3O4S. The summed E-state index contributed by atoms with van der Waals surface area (Å²) in [5.41, 5.74) is 6.79. The Labute approximate surface area is 221 Å². The number of carboxylic acids is 1. The first-order valence-electron chi connectivity index (χ1n) is 12.8. The lowest BCUT2D eigenvalue weighted by Crippen LogP contribution is -2.45. The first-order valence-corrected chi connectivity index (χ1v) is 13.6. The first-order chi connectivity index (χ1) is 18.3. The van der Waals surface area contributed by atoms with E-state index in [9.17, 15) is 23.5 Å². The SMILES string of the molecule is NC(=C(COC1CC2CC[C@@H](C1)N2c1nc2ccc(C(=O)O)cc2s1)C(=O)C1CC1)c1c(F)cccc1F. The van der Waals surface area contributed by atoms with Crippen molar-refractivity contribution in [2.45, 2.75) is 56.7 Å². The highest BCUT2D eigenvalue weighted by Gasteiger charge is 2.43. The highest BCUT2D eigenvalue weighted by atomic mass is 32.1. The van der Waals surface area contributed by atoms with Crippen molar-refractivity contribution in [2.75, 3.05) is 11.5 Å². The number of nitrogens with zero attached hydrogens (tertiary/aromatic N) is 2. The number of aromatic carboxylic acids is 1. The van der Waals surface area contributed by atoms with Crippen molar-refractivity contribution in [1.29, 1.82) is 0 Å². The van der Waals surface area contributed by atoms with Crippen LogP contribution in [0.3, 0.4) is 0 Å². The Bertz CT molecular complexity index is 1430. The summed E-state index contributed by atoms with van der Waals surface area (Å²) in [5, 5.41) is 10.2. The molecule has 38 heavy (non-hydrogen) atoms. The molecule has 3 aliphatic rings. The second kappa shape index (κ2) is 9.74. The fraction of sp³-hybridized carbons (Fsp3) is 0.393. The molecule has 2 bridgehead atoms. The standard InChI is InChI=1S/C28H27F2N3O4S/c29-20-2-1-3-21(30)24(20)25(31)19(26(34)14-4-5-14)13-37-18-11-16-7-8-17(12-18)33(16)28-32-22-9-6-15(27(35)36)10-23(22)38-28/h1-3,6,9-10,14,16-18H,4-5,7-8,11-13,31H2,(H,35,36)/t16-,17?,18?/m0/s1. The number of benzene rings is 2. The fourth-order valence-corrected chi connectivity index (χ4v) is 6.86. The molecular weight excluding hydrogens is 512 g/mol. The van der Waals surface area contributed by atoms with Crippen molar-refractivity contribution in [3.05, 3.63) is 64.7 Å². The van der Waals surface area contributed by atoms with Gasteiger partial charge in [0.25, 0.3) is 0 Å². The highest BCUT2D eigenvalue weighted by Crippen LogP contribution is 2.43. The number of thiazole rings is 1. The van der Waals surface area contributed by atoms with Gasteiger partial charge in [-0.2, -0.15) is 0 Å². The van der Waals surface area contributed by atoms with Crippen LogP contribution in [0.15, 0.2) is 42.0 Å². The Kier molecular flexibility index (Phi) is 6.39. The second-order valence-corrected chi connectivity index (χ2v) is 11.3. The number of nitrogens with two attached hydrogens (primary N) is 1. The van der Waals surface area contributed by atoms with Crippen LogP contribution in [0.25, 0.3) is 15.9 Å². The third-order valence-corrected chi connectivity index (χ3v) is 8.83. The normalized spacial score (nSPS) is 23.5. The molecule has 3 aromatic rings. The molecule has 2 saturated heterocycles. The molecule has 1 aromatic heterocycles. The van der Waals surface area contributed by atoms with E-state index in [0.717, 1.165) is 66.0 Å². The number of hydrogen-bond donors (Lipinski definition) is 2. The summed E-state index contributed by atoms with van der Waals surface area (Å²) in [6.45, 7) is -0.0852. The molecule has 1 aliphatic carbocycles. The summed E-state index contributed by atoms with van der Waals surface area (Å²) in [5.74, 6) is -2.93. The largest absolute Gasteiger partial charge is 0.478 e. The van der Waals surface area contributed by atoms with Crippen molar-refractivity contribution in [3.8, 4) is 0 Å². The maximum Gasteiger partial charge on any atom is 0.335 e. The van der Waals surface area contributed by atoms with Gasteiger partial charge < -0.3 is 20.5 Å². The lowest BCUT2D eigenvalue weighted by Gasteiger charge is -2.38. The monoisotopic (exact) mass is 539 g/mol. The number of hydrogen-bond acceptors (Lipinski definition) is 7. The van der Waals surface area contributed by atoms with E-state index in [1.54, 1.807) is 18.2 Å². The number of piperidine rings is 1. The molecule has 3 heterocycles. The molecule has 3 fully saturated rings. The van der Waals surface area contributed by atoms with Crippen LogP contribution in [0, 0.1) is 17.6 Å². The average Bonchev–Trinajstić information content (AvgIpc) is 3.59. The summed E-state index contributed by atoms with van der Waals surface area (Å²) in [6.07, 6.45) is 4.77. The van der Waals surface area contributed by atoms with Gasteiger partial charge in [0.1, 0.15) is 11.6 Å². The molecule has 1 saturated carbocycles. The van der Waals surface area contributed by atoms with E-state index in [1.807, 2.05) is 0 Å². The maximum absolute atomic E-state index is 14.4. The van der Waals surface area contributed by atoms with Crippen LogP contribution in [0.1, 0.15) is 54.4 Å². The van der Waals surface area contributed by atoms with Gasteiger partial charge in [-0.3, -0.25) is 4.79 Å². The summed E-state index contributed by atoms with van der Waals surface area (Å²) in [6, 6.07) is 8.88. The number of fused-ring (bicyclic) bond motifs is 3. The number of halogens is 2. The summed E-state index contributed by atoms with van der Waals surface area (Å²) < 4.78 is 35.9. The molecule has 0 radical (unpaired) electrons. The van der Waals surface area contributed by atoms with Gasteiger partial charge in [-0.05, 0) is 68.9 Å². The summed E-state index contributed by atoms with van der Waals surface area (Å²) >= 11 is 1.49. The van der Waals surface area contributed by atoms with Gasteiger partial charge in [-0.1, -0.05) is 17.4 Å². The minimum absolute atomic E-state index is 0.0852. The van der Waals surface area contributed by atoms with Gasteiger partial charge in [0.05, 0.1) is 39.8 Å². The number of Topliss-reactive ketones (excluding diaryl/α,β-unsaturated/α-hetero) is 1. The van der Waals surface area contributed by atoms with E-state index in [0.29, 0.717) is 0 Å². The van der Waals surface area contributed by atoms with E-state index in [2.05, 4.69) is 4.90 Å². The van der Waals surface area contributed by atoms with Crippen molar-refractivity contribution in [2.24, 2.45) is 11.7 Å². The third kappa shape index (κ3) is 4.56. The lowest BCUT2D eigenvalue weighted by atomic mass is 9.98. The van der Waals surface area contributed by atoms with Gasteiger partial charge in [-0.15, -0.1) is 0 Å². The predicted octanol–water partition coefficient (Wildman–Crippen LogP) is 5.14. The Balaban J connectivity index is 1.20. The molecule has 0 amide bonds. The van der Waals surface area contributed by atoms with Crippen LogP contribution in [0.5, 0.6) is 0 Å². The smallest absolute Gasteiger partial charge is 0.335 e. The Hall–Kier alpha value is -3.37. The van der Waals surface area contributed by atoms with Crippen LogP contribution >= 0.6 is 11.3 Å². The van der Waals surface area contributed by atoms with Crippen LogP contribution in [-0.2, 0) is 9.53 Å². The highest BCUT2D eigenvalue weighted by molar-refractivity contribution is 7.22. The van der Waals surface area contributed by atoms with Crippen molar-refractivity contribution in [1.82, 2.24) is 4.98 Å². The Morgan fingerprint density at radius 1 is 1.08 bits per heavy atom. The molecule has 2 unspecified atom stereocenters. The van der Waals surface area contributed by atoms with Crippen LogP contribution in [0.2, 0.25) is 0 Å². The van der Waals surface area contributed by atoms with E-state index in [4.69, 9.17) is 15.5 Å². The molecule has 3 N–H and O–H groups in total. The maximum atomic E-state index is 14.4. The Morgan fingerprint density at radius 2 is 1.76 bits per heavy atom. The third-order valence-electron chi connectivity index (χ3n) is 7.80. The topological polar surface area (TPSA) is 106 Å². The average molecular weight is 540 g/mol. The molecule has 0 spiro atoms. The minimum Gasteiger partial charge on any atom is -0.478 e. The van der Waals surface area contributed by atoms with E-state index < -0.39 is 17.6 Å².